The molecule has 3 saturated carbocycles. The van der Waals surface area contributed by atoms with E-state index in [0.29, 0.717) is 23.0 Å². The molecule has 1 aliphatic heterocycles. The molecule has 4 unspecified atom stereocenters. The zero-order valence-electron chi connectivity index (χ0n) is 15.1. The molecule has 0 aromatic rings. The summed E-state index contributed by atoms with van der Waals surface area (Å²) in [6.45, 7) is 3.23. The number of allylic oxidation sites excluding steroid dienone is 4. The van der Waals surface area contributed by atoms with E-state index >= 15 is 0 Å². The van der Waals surface area contributed by atoms with Crippen LogP contribution >= 0.6 is 0 Å². The standard InChI is InChI=1S/C23H28O2/c1-2-22-10-8-17-16-7-5-15(24)12-14(16)4-6-18(17)21(22)19-13-20(19)23(22)9-3-11-25-23/h3-4,6,9,12,16-21H,2,5,7-8,10-11,13H2,1H3/t16?,17?,18?,19-,20+,21?,22+,23+/m1/s1. The number of ether oxygens (including phenoxy) is 1. The molecule has 3 fully saturated rings. The first-order valence-electron chi connectivity index (χ1n) is 10.4. The smallest absolute Gasteiger partial charge is 0.155 e. The van der Waals surface area contributed by atoms with Gasteiger partial charge in [-0.2, -0.15) is 0 Å². The maximum absolute atomic E-state index is 11.9. The molecule has 6 aliphatic rings. The lowest BCUT2D eigenvalue weighted by atomic mass is 9.49. The monoisotopic (exact) mass is 336 g/mol. The van der Waals surface area contributed by atoms with Crippen molar-refractivity contribution in [1.82, 2.24) is 0 Å². The van der Waals surface area contributed by atoms with E-state index in [4.69, 9.17) is 4.74 Å². The van der Waals surface area contributed by atoms with Crippen molar-refractivity contribution in [3.63, 3.8) is 0 Å². The molecule has 0 aromatic heterocycles. The summed E-state index contributed by atoms with van der Waals surface area (Å²) in [6.07, 6.45) is 18.6. The lowest BCUT2D eigenvalue weighted by Crippen LogP contribution is -2.55. The fourth-order valence-corrected chi connectivity index (χ4v) is 8.15. The van der Waals surface area contributed by atoms with Crippen LogP contribution in [0.2, 0.25) is 0 Å². The fourth-order valence-electron chi connectivity index (χ4n) is 8.15. The van der Waals surface area contributed by atoms with Crippen LogP contribution in [-0.4, -0.2) is 18.0 Å². The summed E-state index contributed by atoms with van der Waals surface area (Å²) in [6, 6.07) is 0. The number of hydrogen-bond donors (Lipinski definition) is 0. The minimum absolute atomic E-state index is 0.0501. The topological polar surface area (TPSA) is 26.3 Å². The molecule has 2 heteroatoms. The van der Waals surface area contributed by atoms with Gasteiger partial charge in [0.05, 0.1) is 12.2 Å². The van der Waals surface area contributed by atoms with E-state index in [1.807, 2.05) is 6.08 Å². The van der Waals surface area contributed by atoms with Gasteiger partial charge in [0.15, 0.2) is 5.78 Å². The zero-order chi connectivity index (χ0) is 16.8. The van der Waals surface area contributed by atoms with Gasteiger partial charge in [-0.05, 0) is 79.3 Å². The predicted octanol–water partition coefficient (Wildman–Crippen LogP) is 4.48. The number of hydrogen-bond acceptors (Lipinski definition) is 2. The van der Waals surface area contributed by atoms with Gasteiger partial charge in [0, 0.05) is 11.8 Å². The van der Waals surface area contributed by atoms with Crippen molar-refractivity contribution in [3.05, 3.63) is 36.0 Å². The minimum Gasteiger partial charge on any atom is -0.366 e. The van der Waals surface area contributed by atoms with E-state index in [-0.39, 0.29) is 5.60 Å². The summed E-state index contributed by atoms with van der Waals surface area (Å²) in [4.78, 5) is 11.9. The van der Waals surface area contributed by atoms with Crippen LogP contribution in [0, 0.1) is 40.9 Å². The van der Waals surface area contributed by atoms with Crippen molar-refractivity contribution in [3.8, 4) is 0 Å². The van der Waals surface area contributed by atoms with Crippen molar-refractivity contribution < 1.29 is 9.53 Å². The van der Waals surface area contributed by atoms with E-state index in [1.165, 1.54) is 31.3 Å². The third-order valence-corrected chi connectivity index (χ3v) is 9.00. The largest absolute Gasteiger partial charge is 0.366 e. The second kappa shape index (κ2) is 4.76. The molecule has 0 aromatic carbocycles. The molecule has 0 N–H and O–H groups in total. The lowest BCUT2D eigenvalue weighted by Gasteiger charge is -2.57. The Morgan fingerprint density at radius 1 is 1.28 bits per heavy atom. The average Bonchev–Trinajstić information content (AvgIpc) is 3.20. The number of rotatable bonds is 1. The van der Waals surface area contributed by atoms with Gasteiger partial charge in [0.2, 0.25) is 0 Å². The molecule has 0 amide bonds. The van der Waals surface area contributed by atoms with E-state index in [2.05, 4.69) is 31.2 Å². The zero-order valence-corrected chi connectivity index (χ0v) is 15.1. The summed E-state index contributed by atoms with van der Waals surface area (Å²) in [5, 5.41) is 0. The van der Waals surface area contributed by atoms with Crippen molar-refractivity contribution in [2.75, 3.05) is 6.61 Å². The van der Waals surface area contributed by atoms with Gasteiger partial charge < -0.3 is 4.74 Å². The molecule has 1 heterocycles. The van der Waals surface area contributed by atoms with Gasteiger partial charge in [-0.15, -0.1) is 0 Å². The van der Waals surface area contributed by atoms with E-state index in [0.717, 1.165) is 43.1 Å². The Morgan fingerprint density at radius 2 is 2.20 bits per heavy atom. The fraction of sp³-hybridized carbons (Fsp3) is 0.696. The maximum atomic E-state index is 11.9. The van der Waals surface area contributed by atoms with Crippen LogP contribution in [0.5, 0.6) is 0 Å². The third-order valence-electron chi connectivity index (χ3n) is 9.00. The van der Waals surface area contributed by atoms with Crippen molar-refractivity contribution in [2.45, 2.75) is 51.0 Å². The molecule has 0 bridgehead atoms. The summed E-state index contributed by atoms with van der Waals surface area (Å²) >= 11 is 0. The first-order valence-corrected chi connectivity index (χ1v) is 10.4. The average molecular weight is 336 g/mol. The highest BCUT2D eigenvalue weighted by Gasteiger charge is 2.77. The van der Waals surface area contributed by atoms with Gasteiger partial charge in [0.1, 0.15) is 0 Å². The third kappa shape index (κ3) is 1.64. The predicted molar refractivity (Wildman–Crippen MR) is 96.8 cm³/mol. The summed E-state index contributed by atoms with van der Waals surface area (Å²) in [5.41, 5.74) is 1.73. The van der Waals surface area contributed by atoms with E-state index in [9.17, 15) is 4.79 Å². The maximum Gasteiger partial charge on any atom is 0.155 e. The van der Waals surface area contributed by atoms with Gasteiger partial charge in [-0.1, -0.05) is 31.2 Å². The second-order valence-electron chi connectivity index (χ2n) is 9.44. The molecule has 0 saturated heterocycles. The molecule has 2 nitrogen and oxygen atoms in total. The van der Waals surface area contributed by atoms with Crippen LogP contribution in [0.15, 0.2) is 36.0 Å². The Morgan fingerprint density at radius 3 is 3.00 bits per heavy atom. The quantitative estimate of drug-likeness (QED) is 0.660. The summed E-state index contributed by atoms with van der Waals surface area (Å²) < 4.78 is 6.53. The molecular formula is C23H28O2. The molecule has 1 spiro atoms. The normalized spacial score (nSPS) is 54.8. The van der Waals surface area contributed by atoms with Crippen LogP contribution in [0.4, 0.5) is 0 Å². The lowest BCUT2D eigenvalue weighted by molar-refractivity contribution is -0.133. The van der Waals surface area contributed by atoms with E-state index in [1.54, 1.807) is 0 Å². The van der Waals surface area contributed by atoms with Crippen molar-refractivity contribution in [2.24, 2.45) is 40.9 Å². The van der Waals surface area contributed by atoms with Crippen LogP contribution in [0.1, 0.15) is 45.4 Å². The first kappa shape index (κ1) is 15.0. The molecule has 132 valence electrons. The van der Waals surface area contributed by atoms with Crippen molar-refractivity contribution >= 4 is 5.78 Å². The number of fused-ring (bicyclic) bond motifs is 9. The van der Waals surface area contributed by atoms with Gasteiger partial charge in [-0.25, -0.2) is 0 Å². The molecule has 25 heavy (non-hydrogen) atoms. The van der Waals surface area contributed by atoms with Gasteiger partial charge in [0.25, 0.3) is 0 Å². The molecule has 0 radical (unpaired) electrons. The highest BCUT2D eigenvalue weighted by atomic mass is 16.5. The number of carbonyl (C=O) groups excluding carboxylic acids is 1. The Kier molecular flexibility index (Phi) is 2.85. The Bertz CT molecular complexity index is 730. The highest BCUT2D eigenvalue weighted by Crippen LogP contribution is 2.78. The molecule has 8 atom stereocenters. The van der Waals surface area contributed by atoms with Gasteiger partial charge in [-0.3, -0.25) is 4.79 Å². The number of carbonyl (C=O) groups is 1. The Balaban J connectivity index is 1.44. The molecule has 5 aliphatic carbocycles. The number of ketones is 1. The van der Waals surface area contributed by atoms with Crippen LogP contribution in [-0.2, 0) is 9.53 Å². The van der Waals surface area contributed by atoms with Gasteiger partial charge >= 0.3 is 0 Å². The van der Waals surface area contributed by atoms with Crippen LogP contribution in [0.3, 0.4) is 0 Å². The Labute approximate surface area is 150 Å². The Hall–Kier alpha value is -1.15. The summed E-state index contributed by atoms with van der Waals surface area (Å²) in [7, 11) is 0. The first-order chi connectivity index (χ1) is 12.2. The molecule has 6 rings (SSSR count). The van der Waals surface area contributed by atoms with Crippen molar-refractivity contribution in [1.29, 1.82) is 0 Å². The molecular weight excluding hydrogens is 308 g/mol. The minimum atomic E-state index is 0.0501. The highest BCUT2D eigenvalue weighted by molar-refractivity contribution is 5.91. The summed E-state index contributed by atoms with van der Waals surface area (Å²) in [5.74, 6) is 4.87. The SMILES string of the molecule is CC[C@]12CCC3C4CCC(=O)C=C4C=CC3C1[C@@H]1C[C@@H]1[C@@]21C=CCO1. The second-order valence-corrected chi connectivity index (χ2v) is 9.44. The van der Waals surface area contributed by atoms with Crippen LogP contribution < -0.4 is 0 Å². The van der Waals surface area contributed by atoms with Crippen LogP contribution in [0.25, 0.3) is 0 Å². The van der Waals surface area contributed by atoms with E-state index < -0.39 is 0 Å².